The van der Waals surface area contributed by atoms with Crippen molar-refractivity contribution in [3.8, 4) is 6.07 Å². The number of nitrogens with zero attached hydrogens (tertiary/aromatic N) is 1. The lowest BCUT2D eigenvalue weighted by Crippen LogP contribution is -2.13. The fraction of sp³-hybridized carbons (Fsp3) is 0.385. The molecular weight excluding hydrogens is 250 g/mol. The Morgan fingerprint density at radius 2 is 2.06 bits per heavy atom. The Labute approximate surface area is 110 Å². The van der Waals surface area contributed by atoms with Gasteiger partial charge >= 0.3 is 5.97 Å². The summed E-state index contributed by atoms with van der Waals surface area (Å²) in [5.74, 6) is 0.541. The number of carboxylic acid groups (broad SMARTS) is 1. The molecule has 1 aromatic carbocycles. The average Bonchev–Trinajstić information content (AvgIpc) is 2.34. The minimum absolute atomic E-state index is 0.197. The van der Waals surface area contributed by atoms with E-state index in [2.05, 4.69) is 6.07 Å². The number of carboxylic acids is 1. The highest BCUT2D eigenvalue weighted by molar-refractivity contribution is 7.98. The molecule has 1 rings (SSSR count). The first-order valence-electron chi connectivity index (χ1n) is 5.58. The Hall–Kier alpha value is -1.51. The predicted octanol–water partition coefficient (Wildman–Crippen LogP) is 2.02. The van der Waals surface area contributed by atoms with Crippen molar-refractivity contribution in [3.63, 3.8) is 0 Å². The van der Waals surface area contributed by atoms with E-state index in [1.54, 1.807) is 23.9 Å². The van der Waals surface area contributed by atoms with Crippen LogP contribution < -0.4 is 0 Å². The second-order valence-corrected chi connectivity index (χ2v) is 5.01. The molecule has 0 aromatic heterocycles. The normalized spacial score (nSPS) is 11.8. The van der Waals surface area contributed by atoms with E-state index >= 15 is 0 Å². The quantitative estimate of drug-likeness (QED) is 0.737. The lowest BCUT2D eigenvalue weighted by Gasteiger charge is -2.07. The molecule has 1 aromatic rings. The molecule has 0 heterocycles. The van der Waals surface area contributed by atoms with Crippen molar-refractivity contribution in [1.29, 1.82) is 5.26 Å². The van der Waals surface area contributed by atoms with E-state index in [1.807, 2.05) is 12.1 Å². The Morgan fingerprint density at radius 3 is 2.61 bits per heavy atom. The predicted molar refractivity (Wildman–Crippen MR) is 70.2 cm³/mol. The third kappa shape index (κ3) is 5.71. The molecule has 0 aliphatic rings. The molecule has 0 bridgehead atoms. The zero-order valence-electron chi connectivity index (χ0n) is 9.87. The number of nitriles is 1. The van der Waals surface area contributed by atoms with Crippen LogP contribution in [0.1, 0.15) is 24.0 Å². The molecule has 0 spiro atoms. The van der Waals surface area contributed by atoms with Crippen molar-refractivity contribution in [1.82, 2.24) is 0 Å². The minimum Gasteiger partial charge on any atom is -0.481 e. The molecule has 4 nitrogen and oxygen atoms in total. The molecular formula is C13H15NO3S. The van der Waals surface area contributed by atoms with E-state index in [0.29, 0.717) is 17.7 Å². The second-order valence-electron chi connectivity index (χ2n) is 3.90. The highest BCUT2D eigenvalue weighted by atomic mass is 32.2. The fourth-order valence-electron chi connectivity index (χ4n) is 1.39. The molecule has 5 heteroatoms. The monoisotopic (exact) mass is 265 g/mol. The van der Waals surface area contributed by atoms with Crippen LogP contribution in [0.15, 0.2) is 24.3 Å². The first-order chi connectivity index (χ1) is 8.61. The number of hydrogen-bond donors (Lipinski definition) is 2. The summed E-state index contributed by atoms with van der Waals surface area (Å²) in [5.41, 5.74) is 1.76. The maximum absolute atomic E-state index is 10.3. The van der Waals surface area contributed by atoms with Crippen LogP contribution >= 0.6 is 11.8 Å². The summed E-state index contributed by atoms with van der Waals surface area (Å²) in [4.78, 5) is 10.3. The van der Waals surface area contributed by atoms with E-state index in [1.165, 1.54) is 0 Å². The number of benzene rings is 1. The number of aliphatic hydroxyl groups is 1. The summed E-state index contributed by atoms with van der Waals surface area (Å²) in [7, 11) is 0. The molecule has 2 N–H and O–H groups in total. The molecule has 1 atom stereocenters. The van der Waals surface area contributed by atoms with Gasteiger partial charge in [-0.05, 0) is 29.9 Å². The largest absolute Gasteiger partial charge is 0.481 e. The van der Waals surface area contributed by atoms with Crippen LogP contribution in [0, 0.1) is 11.3 Å². The Morgan fingerprint density at radius 1 is 1.39 bits per heavy atom. The Balaban J connectivity index is 2.21. The summed E-state index contributed by atoms with van der Waals surface area (Å²) < 4.78 is 0. The SMILES string of the molecule is N#Cc1ccc(CSCCC(O)CC(=O)O)cc1. The third-order valence-corrected chi connectivity index (χ3v) is 3.42. The first kappa shape index (κ1) is 14.6. The lowest BCUT2D eigenvalue weighted by molar-refractivity contribution is -0.139. The van der Waals surface area contributed by atoms with Crippen molar-refractivity contribution >= 4 is 17.7 Å². The molecule has 0 aliphatic carbocycles. The number of thioether (sulfide) groups is 1. The van der Waals surface area contributed by atoms with E-state index in [9.17, 15) is 9.90 Å². The van der Waals surface area contributed by atoms with Crippen molar-refractivity contribution in [2.24, 2.45) is 0 Å². The molecule has 0 radical (unpaired) electrons. The summed E-state index contributed by atoms with van der Waals surface area (Å²) in [6.07, 6.45) is -0.485. The molecule has 0 aliphatic heterocycles. The Bertz CT molecular complexity index is 425. The smallest absolute Gasteiger partial charge is 0.305 e. The lowest BCUT2D eigenvalue weighted by atomic mass is 10.2. The Kier molecular flexibility index (Phi) is 6.26. The molecule has 18 heavy (non-hydrogen) atoms. The van der Waals surface area contributed by atoms with Gasteiger partial charge in [0.2, 0.25) is 0 Å². The van der Waals surface area contributed by atoms with Crippen molar-refractivity contribution in [2.45, 2.75) is 24.7 Å². The van der Waals surface area contributed by atoms with Gasteiger partial charge in [-0.25, -0.2) is 0 Å². The number of rotatable bonds is 7. The van der Waals surface area contributed by atoms with Gasteiger partial charge in [-0.3, -0.25) is 4.79 Å². The number of hydrogen-bond acceptors (Lipinski definition) is 4. The van der Waals surface area contributed by atoms with Crippen LogP contribution in [0.5, 0.6) is 0 Å². The molecule has 0 fully saturated rings. The second kappa shape index (κ2) is 7.75. The van der Waals surface area contributed by atoms with Crippen LogP contribution in [-0.4, -0.2) is 28.0 Å². The van der Waals surface area contributed by atoms with Crippen LogP contribution in [0.4, 0.5) is 0 Å². The fourth-order valence-corrected chi connectivity index (χ4v) is 2.40. The van der Waals surface area contributed by atoms with Crippen LogP contribution in [0.3, 0.4) is 0 Å². The van der Waals surface area contributed by atoms with Crippen molar-refractivity contribution < 1.29 is 15.0 Å². The van der Waals surface area contributed by atoms with Gasteiger partial charge in [0, 0.05) is 5.75 Å². The topological polar surface area (TPSA) is 81.3 Å². The minimum atomic E-state index is -0.973. The maximum atomic E-state index is 10.3. The molecule has 0 saturated heterocycles. The van der Waals surface area contributed by atoms with E-state index in [0.717, 1.165) is 11.3 Å². The number of aliphatic carboxylic acids is 1. The van der Waals surface area contributed by atoms with E-state index in [4.69, 9.17) is 10.4 Å². The summed E-state index contributed by atoms with van der Waals surface area (Å²) >= 11 is 1.64. The molecule has 1 unspecified atom stereocenters. The summed E-state index contributed by atoms with van der Waals surface area (Å²) in [5, 5.41) is 26.5. The van der Waals surface area contributed by atoms with Gasteiger partial charge in [0.1, 0.15) is 0 Å². The van der Waals surface area contributed by atoms with Gasteiger partial charge in [-0.1, -0.05) is 12.1 Å². The van der Waals surface area contributed by atoms with Crippen LogP contribution in [-0.2, 0) is 10.5 Å². The van der Waals surface area contributed by atoms with Gasteiger partial charge in [-0.15, -0.1) is 0 Å². The van der Waals surface area contributed by atoms with Gasteiger partial charge in [0.25, 0.3) is 0 Å². The van der Waals surface area contributed by atoms with E-state index in [-0.39, 0.29) is 6.42 Å². The molecule has 96 valence electrons. The molecule has 0 saturated carbocycles. The number of aliphatic hydroxyl groups excluding tert-OH is 1. The highest BCUT2D eigenvalue weighted by Gasteiger charge is 2.08. The average molecular weight is 265 g/mol. The zero-order valence-corrected chi connectivity index (χ0v) is 10.7. The summed E-state index contributed by atoms with van der Waals surface area (Å²) in [6, 6.07) is 9.41. The van der Waals surface area contributed by atoms with Gasteiger partial charge in [-0.2, -0.15) is 17.0 Å². The maximum Gasteiger partial charge on any atom is 0.305 e. The standard InChI is InChI=1S/C13H15NO3S/c14-8-10-1-3-11(4-2-10)9-18-6-5-12(15)7-13(16)17/h1-4,12,15H,5-7,9H2,(H,16,17). The van der Waals surface area contributed by atoms with Crippen LogP contribution in [0.25, 0.3) is 0 Å². The number of carbonyl (C=O) groups is 1. The zero-order chi connectivity index (χ0) is 13.4. The van der Waals surface area contributed by atoms with Gasteiger partial charge < -0.3 is 10.2 Å². The van der Waals surface area contributed by atoms with Crippen molar-refractivity contribution in [2.75, 3.05) is 5.75 Å². The van der Waals surface area contributed by atoms with E-state index < -0.39 is 12.1 Å². The molecule has 0 amide bonds. The van der Waals surface area contributed by atoms with Crippen LogP contribution in [0.2, 0.25) is 0 Å². The van der Waals surface area contributed by atoms with Crippen molar-refractivity contribution in [3.05, 3.63) is 35.4 Å². The van der Waals surface area contributed by atoms with Gasteiger partial charge in [0.15, 0.2) is 0 Å². The first-order valence-corrected chi connectivity index (χ1v) is 6.74. The summed E-state index contributed by atoms with van der Waals surface area (Å²) in [6.45, 7) is 0. The third-order valence-electron chi connectivity index (χ3n) is 2.36. The highest BCUT2D eigenvalue weighted by Crippen LogP contribution is 2.15. The van der Waals surface area contributed by atoms with Gasteiger partial charge in [0.05, 0.1) is 24.2 Å².